The van der Waals surface area contributed by atoms with Gasteiger partial charge < -0.3 is 5.11 Å². The lowest BCUT2D eigenvalue weighted by Crippen LogP contribution is -2.15. The predicted octanol–water partition coefficient (Wildman–Crippen LogP) is 4.61. The van der Waals surface area contributed by atoms with E-state index in [1.165, 1.54) is 0 Å². The zero-order chi connectivity index (χ0) is 12.0. The molecule has 1 aromatic carbocycles. The smallest absolute Gasteiger partial charge is 0.153 e. The molecule has 0 spiro atoms. The zero-order valence-electron chi connectivity index (χ0n) is 9.70. The molecule has 0 unspecified atom stereocenters. The summed E-state index contributed by atoms with van der Waals surface area (Å²) in [4.78, 5) is 0. The summed E-state index contributed by atoms with van der Waals surface area (Å²) in [5, 5.41) is 10.4. The molecule has 84 valence electrons. The van der Waals surface area contributed by atoms with Crippen LogP contribution in [0.4, 0.5) is 0 Å². The molecule has 3 heteroatoms. The van der Waals surface area contributed by atoms with E-state index < -0.39 is 0 Å². The summed E-state index contributed by atoms with van der Waals surface area (Å²) in [5.74, 6) is -0.0127. The average Bonchev–Trinajstić information content (AvgIpc) is 2.09. The number of phenols is 1. The van der Waals surface area contributed by atoms with Crippen LogP contribution in [0.2, 0.25) is 10.0 Å². The van der Waals surface area contributed by atoms with Crippen LogP contribution in [0.15, 0.2) is 0 Å². The van der Waals surface area contributed by atoms with Crippen LogP contribution in [-0.4, -0.2) is 5.11 Å². The van der Waals surface area contributed by atoms with Crippen LogP contribution < -0.4 is 0 Å². The molecule has 1 N–H and O–H groups in total. The van der Waals surface area contributed by atoms with Gasteiger partial charge in [0.1, 0.15) is 0 Å². The summed E-state index contributed by atoms with van der Waals surface area (Å²) in [5.41, 5.74) is 2.89. The lowest BCUT2D eigenvalue weighted by atomic mass is 9.81. The Hall–Kier alpha value is -0.400. The molecular weight excluding hydrogens is 231 g/mol. The van der Waals surface area contributed by atoms with E-state index in [1.54, 1.807) is 0 Å². The van der Waals surface area contributed by atoms with E-state index in [-0.39, 0.29) is 11.2 Å². The average molecular weight is 247 g/mol. The molecule has 1 nitrogen and oxygen atoms in total. The Morgan fingerprint density at radius 1 is 0.933 bits per heavy atom. The van der Waals surface area contributed by atoms with Gasteiger partial charge in [-0.2, -0.15) is 0 Å². The van der Waals surface area contributed by atoms with Crippen LogP contribution in [0.5, 0.6) is 5.75 Å². The Morgan fingerprint density at radius 3 is 1.53 bits per heavy atom. The molecule has 0 heterocycles. The van der Waals surface area contributed by atoms with E-state index in [4.69, 9.17) is 23.2 Å². The summed E-state index contributed by atoms with van der Waals surface area (Å²) < 4.78 is 0. The number of phenolic OH excluding ortho intramolecular Hbond substituents is 1. The molecule has 0 radical (unpaired) electrons. The summed E-state index contributed by atoms with van der Waals surface area (Å²) >= 11 is 12.1. The summed E-state index contributed by atoms with van der Waals surface area (Å²) in [6, 6.07) is 0. The molecule has 0 amide bonds. The van der Waals surface area contributed by atoms with Gasteiger partial charge in [0, 0.05) is 0 Å². The maximum absolute atomic E-state index is 9.69. The molecule has 0 saturated heterocycles. The molecule has 0 aliphatic heterocycles. The third kappa shape index (κ3) is 2.09. The third-order valence-electron chi connectivity index (χ3n) is 2.57. The first kappa shape index (κ1) is 12.7. The summed E-state index contributed by atoms with van der Waals surface area (Å²) in [7, 11) is 0. The van der Waals surface area contributed by atoms with Crippen molar-refractivity contribution in [1.82, 2.24) is 0 Å². The highest BCUT2D eigenvalue weighted by atomic mass is 35.5. The Labute approximate surface area is 101 Å². The summed E-state index contributed by atoms with van der Waals surface area (Å²) in [6.07, 6.45) is 0. The largest absolute Gasteiger partial charge is 0.505 e. The minimum atomic E-state index is -0.0326. The van der Waals surface area contributed by atoms with Gasteiger partial charge in [0.05, 0.1) is 10.0 Å². The highest BCUT2D eigenvalue weighted by molar-refractivity contribution is 6.38. The molecule has 0 aliphatic carbocycles. The first-order chi connectivity index (χ1) is 6.68. The minimum absolute atomic E-state index is 0.0127. The highest BCUT2D eigenvalue weighted by Crippen LogP contribution is 2.43. The van der Waals surface area contributed by atoms with Crippen molar-refractivity contribution in [3.63, 3.8) is 0 Å². The molecule has 0 aromatic heterocycles. The summed E-state index contributed by atoms with van der Waals surface area (Å²) in [6.45, 7) is 10.1. The van der Waals surface area contributed by atoms with Crippen LogP contribution in [0, 0.1) is 13.8 Å². The van der Waals surface area contributed by atoms with Gasteiger partial charge in [-0.1, -0.05) is 44.0 Å². The first-order valence-corrected chi connectivity index (χ1v) is 5.61. The Morgan fingerprint density at radius 2 is 1.27 bits per heavy atom. The monoisotopic (exact) mass is 246 g/mol. The van der Waals surface area contributed by atoms with Gasteiger partial charge in [0.2, 0.25) is 0 Å². The van der Waals surface area contributed by atoms with Crippen LogP contribution >= 0.6 is 23.2 Å². The van der Waals surface area contributed by atoms with Gasteiger partial charge in [-0.05, 0) is 36.0 Å². The first-order valence-electron chi connectivity index (χ1n) is 4.85. The lowest BCUT2D eigenvalue weighted by Gasteiger charge is -2.26. The van der Waals surface area contributed by atoms with Gasteiger partial charge >= 0.3 is 0 Å². The van der Waals surface area contributed by atoms with Crippen molar-refractivity contribution in [2.24, 2.45) is 0 Å². The Bertz CT molecular complexity index is 374. The lowest BCUT2D eigenvalue weighted by molar-refractivity contribution is 0.473. The quantitative estimate of drug-likeness (QED) is 0.709. The van der Waals surface area contributed by atoms with Crippen molar-refractivity contribution < 1.29 is 5.11 Å². The maximum Gasteiger partial charge on any atom is 0.153 e. The van der Waals surface area contributed by atoms with Crippen molar-refractivity contribution >= 4 is 23.2 Å². The molecule has 0 fully saturated rings. The van der Waals surface area contributed by atoms with E-state index >= 15 is 0 Å². The van der Waals surface area contributed by atoms with Gasteiger partial charge in [-0.15, -0.1) is 0 Å². The maximum atomic E-state index is 9.69. The van der Waals surface area contributed by atoms with Gasteiger partial charge in [-0.25, -0.2) is 0 Å². The van der Waals surface area contributed by atoms with E-state index in [1.807, 2.05) is 13.8 Å². The van der Waals surface area contributed by atoms with E-state index in [0.717, 1.165) is 16.7 Å². The van der Waals surface area contributed by atoms with Crippen LogP contribution in [0.3, 0.4) is 0 Å². The fourth-order valence-electron chi connectivity index (χ4n) is 2.08. The Balaban J connectivity index is 3.68. The molecule has 1 aromatic rings. The SMILES string of the molecule is Cc1c(Cl)c(O)c(Cl)c(C)c1C(C)(C)C. The molecule has 1 rings (SSSR count). The second-order valence-corrected chi connectivity index (χ2v) is 5.61. The second kappa shape index (κ2) is 3.88. The topological polar surface area (TPSA) is 20.2 Å². The molecule has 0 bridgehead atoms. The van der Waals surface area contributed by atoms with Crippen molar-refractivity contribution in [3.05, 3.63) is 26.7 Å². The molecular formula is C12H16Cl2O. The van der Waals surface area contributed by atoms with E-state index in [9.17, 15) is 5.11 Å². The number of halogens is 2. The molecule has 0 atom stereocenters. The molecule has 15 heavy (non-hydrogen) atoms. The zero-order valence-corrected chi connectivity index (χ0v) is 11.2. The second-order valence-electron chi connectivity index (χ2n) is 4.85. The van der Waals surface area contributed by atoms with Crippen molar-refractivity contribution in [2.45, 2.75) is 40.0 Å². The van der Waals surface area contributed by atoms with Crippen molar-refractivity contribution in [1.29, 1.82) is 0 Å². The highest BCUT2D eigenvalue weighted by Gasteiger charge is 2.24. The number of aromatic hydroxyl groups is 1. The fourth-order valence-corrected chi connectivity index (χ4v) is 2.50. The van der Waals surface area contributed by atoms with E-state index in [0.29, 0.717) is 10.0 Å². The Kier molecular flexibility index (Phi) is 3.27. The molecule has 0 aliphatic rings. The fraction of sp³-hybridized carbons (Fsp3) is 0.500. The number of hydrogen-bond donors (Lipinski definition) is 1. The van der Waals surface area contributed by atoms with Crippen molar-refractivity contribution in [2.75, 3.05) is 0 Å². The number of rotatable bonds is 0. The van der Waals surface area contributed by atoms with Crippen molar-refractivity contribution in [3.8, 4) is 5.75 Å². The van der Waals surface area contributed by atoms with Crippen LogP contribution in [-0.2, 0) is 5.41 Å². The van der Waals surface area contributed by atoms with Gasteiger partial charge in [0.25, 0.3) is 0 Å². The minimum Gasteiger partial charge on any atom is -0.505 e. The normalized spacial score (nSPS) is 11.9. The third-order valence-corrected chi connectivity index (χ3v) is 3.50. The number of hydrogen-bond acceptors (Lipinski definition) is 1. The standard InChI is InChI=1S/C12H16Cl2O/c1-6-8(12(3,4)5)7(2)10(14)11(15)9(6)13/h15H,1-5H3. The number of benzene rings is 1. The molecule has 0 saturated carbocycles. The van der Waals surface area contributed by atoms with Gasteiger partial charge in [0.15, 0.2) is 5.75 Å². The van der Waals surface area contributed by atoms with Crippen LogP contribution in [0.1, 0.15) is 37.5 Å². The van der Waals surface area contributed by atoms with Crippen LogP contribution in [0.25, 0.3) is 0 Å². The van der Waals surface area contributed by atoms with E-state index in [2.05, 4.69) is 20.8 Å². The van der Waals surface area contributed by atoms with Gasteiger partial charge in [-0.3, -0.25) is 0 Å². The predicted molar refractivity (Wildman–Crippen MR) is 66.3 cm³/mol.